The van der Waals surface area contributed by atoms with Crippen molar-refractivity contribution < 1.29 is 19.1 Å². The van der Waals surface area contributed by atoms with Crippen LogP contribution >= 0.6 is 0 Å². The summed E-state index contributed by atoms with van der Waals surface area (Å²) < 4.78 is 8.00. The number of aromatic nitrogens is 3. The van der Waals surface area contributed by atoms with Crippen molar-refractivity contribution in [3.8, 4) is 34.4 Å². The molecule has 1 unspecified atom stereocenters. The minimum absolute atomic E-state index is 0.0595. The maximum atomic E-state index is 13.0. The summed E-state index contributed by atoms with van der Waals surface area (Å²) in [6.45, 7) is 12.1. The highest BCUT2D eigenvalue weighted by Gasteiger charge is 2.32. The van der Waals surface area contributed by atoms with E-state index >= 15 is 0 Å². The van der Waals surface area contributed by atoms with Gasteiger partial charge in [0.15, 0.2) is 0 Å². The first kappa shape index (κ1) is 37.7. The van der Waals surface area contributed by atoms with Gasteiger partial charge in [0.2, 0.25) is 11.8 Å². The molecule has 3 aliphatic heterocycles. The third-order valence-corrected chi connectivity index (χ3v) is 11.5. The van der Waals surface area contributed by atoms with Gasteiger partial charge in [-0.05, 0) is 55.0 Å². The fraction of sp³-hybridized carbons (Fsp3) is 0.326. The van der Waals surface area contributed by atoms with Gasteiger partial charge in [-0.2, -0.15) is 0 Å². The molecular weight excluding hydrogens is 715 g/mol. The quantitative estimate of drug-likeness (QED) is 0.145. The number of rotatable bonds is 8. The molecule has 2 aromatic heterocycles. The van der Waals surface area contributed by atoms with Gasteiger partial charge in [-0.25, -0.2) is 4.98 Å². The van der Waals surface area contributed by atoms with Crippen LogP contribution in [0.1, 0.15) is 77.6 Å². The first-order valence-electron chi connectivity index (χ1n) is 19.7. The van der Waals surface area contributed by atoms with E-state index in [9.17, 15) is 14.4 Å². The number of imidazole rings is 1. The summed E-state index contributed by atoms with van der Waals surface area (Å²) >= 11 is 0. The largest absolute Gasteiger partial charge is 0.381 e. The van der Waals surface area contributed by atoms with Crippen LogP contribution in [0, 0.1) is 11.8 Å². The first-order chi connectivity index (χ1) is 27.7. The summed E-state index contributed by atoms with van der Waals surface area (Å²) in [5, 5.41) is 7.73. The van der Waals surface area contributed by atoms with E-state index in [1.807, 2.05) is 65.4 Å². The van der Waals surface area contributed by atoms with Crippen LogP contribution in [-0.2, 0) is 34.0 Å². The van der Waals surface area contributed by atoms with Crippen molar-refractivity contribution >= 4 is 34.2 Å². The lowest BCUT2D eigenvalue weighted by Crippen LogP contribution is -2.40. The van der Waals surface area contributed by atoms with Gasteiger partial charge >= 0.3 is 0 Å². The molecule has 0 aliphatic carbocycles. The monoisotopic (exact) mass is 761 g/mol. The van der Waals surface area contributed by atoms with Gasteiger partial charge in [-0.1, -0.05) is 60.9 Å². The number of nitrogens with one attached hydrogen (secondary N) is 2. The second-order valence-electron chi connectivity index (χ2n) is 14.9. The molecule has 1 fully saturated rings. The van der Waals surface area contributed by atoms with E-state index in [4.69, 9.17) is 14.7 Å². The summed E-state index contributed by atoms with van der Waals surface area (Å²) in [5.74, 6) is 7.74. The average Bonchev–Trinajstić information content (AvgIpc) is 3.80. The molecule has 0 saturated carbocycles. The Kier molecular flexibility index (Phi) is 10.6. The number of amides is 3. The molecule has 0 spiro atoms. The lowest BCUT2D eigenvalue weighted by Gasteiger charge is -2.30. The number of hydrogen-bond acceptors (Lipinski definition) is 7. The molecule has 5 aromatic rings. The van der Waals surface area contributed by atoms with E-state index in [2.05, 4.69) is 57.9 Å². The number of hydrogen-bond donors (Lipinski definition) is 2. The Balaban J connectivity index is 0.939. The number of fused-ring (bicyclic) bond motifs is 3. The molecule has 290 valence electrons. The predicted octanol–water partition coefficient (Wildman–Crippen LogP) is 6.11. The molecule has 11 heteroatoms. The maximum Gasteiger partial charge on any atom is 0.251 e. The molecule has 1 saturated heterocycles. The van der Waals surface area contributed by atoms with Gasteiger partial charge in [0.05, 0.1) is 23.6 Å². The van der Waals surface area contributed by atoms with E-state index in [0.717, 1.165) is 99.8 Å². The van der Waals surface area contributed by atoms with Crippen LogP contribution in [0.3, 0.4) is 0 Å². The summed E-state index contributed by atoms with van der Waals surface area (Å²) in [4.78, 5) is 51.8. The van der Waals surface area contributed by atoms with E-state index < -0.39 is 0 Å². The Bertz CT molecular complexity index is 2450. The average molecular weight is 762 g/mol. The lowest BCUT2D eigenvalue weighted by atomic mass is 9.99. The van der Waals surface area contributed by atoms with Crippen molar-refractivity contribution in [1.29, 1.82) is 0 Å². The van der Waals surface area contributed by atoms with E-state index in [-0.39, 0.29) is 23.8 Å². The van der Waals surface area contributed by atoms with E-state index in [0.29, 0.717) is 44.1 Å². The Morgan fingerprint density at radius 2 is 1.77 bits per heavy atom. The van der Waals surface area contributed by atoms with Crippen molar-refractivity contribution in [2.24, 2.45) is 0 Å². The van der Waals surface area contributed by atoms with Crippen molar-refractivity contribution in [3.63, 3.8) is 0 Å². The van der Waals surface area contributed by atoms with Gasteiger partial charge in [-0.3, -0.25) is 19.4 Å². The van der Waals surface area contributed by atoms with Crippen LogP contribution in [0.25, 0.3) is 39.0 Å². The first-order valence-corrected chi connectivity index (χ1v) is 19.7. The van der Waals surface area contributed by atoms with E-state index in [1.165, 1.54) is 0 Å². The van der Waals surface area contributed by atoms with Crippen molar-refractivity contribution in [3.05, 3.63) is 113 Å². The smallest absolute Gasteiger partial charge is 0.251 e. The Morgan fingerprint density at radius 1 is 1.00 bits per heavy atom. The molecular formula is C46H47N7O4. The van der Waals surface area contributed by atoms with Gasteiger partial charge in [0.1, 0.15) is 11.9 Å². The number of nitrogens with zero attached hydrogens (tertiary/aromatic N) is 5. The van der Waals surface area contributed by atoms with Crippen molar-refractivity contribution in [2.75, 3.05) is 33.4 Å². The summed E-state index contributed by atoms with van der Waals surface area (Å²) in [6, 6.07) is 21.4. The molecule has 3 aliphatic rings. The van der Waals surface area contributed by atoms with Crippen molar-refractivity contribution in [2.45, 2.75) is 64.7 Å². The highest BCUT2D eigenvalue weighted by atomic mass is 16.5. The third-order valence-electron chi connectivity index (χ3n) is 11.5. The molecule has 57 heavy (non-hydrogen) atoms. The summed E-state index contributed by atoms with van der Waals surface area (Å²) in [6.07, 6.45) is 4.29. The number of pyridine rings is 1. The standard InChI is InChI=1S/C46H47N7O4/c1-29-37-12-7-10-32(40(37)27-53(29)30(2)45(55)47-4)9-5-6-20-48-46(56)35-16-14-33(15-17-35)41-25-36-11-8-13-38(39(36)26-49-41)43-42-28-51(31(3)54)21-22-52(42)44(50-43)34-18-23-57-24-19-34/h7-8,10-17,25-26,30,34H,1,6,18-24,27-28H2,2-4H3,(H,47,55)(H,48,56). The number of carbonyl (C=O) groups excluding carboxylic acids is 3. The molecule has 3 aromatic carbocycles. The SMILES string of the molecule is C=C1c2cccc(C#CCCNC(=O)c3ccc(-c4cc5cccc(-c6nc(C7CCOCC7)n7c6CN(C(C)=O)CC7)c5cn4)cc3)c2CN1C(C)C(=O)NC. The normalized spacial score (nSPS) is 15.7. The predicted molar refractivity (Wildman–Crippen MR) is 221 cm³/mol. The summed E-state index contributed by atoms with van der Waals surface area (Å²) in [7, 11) is 1.64. The second-order valence-corrected chi connectivity index (χ2v) is 14.9. The van der Waals surface area contributed by atoms with Crippen LogP contribution in [0.4, 0.5) is 0 Å². The third kappa shape index (κ3) is 7.41. The molecule has 11 nitrogen and oxygen atoms in total. The lowest BCUT2D eigenvalue weighted by molar-refractivity contribution is -0.130. The molecule has 0 radical (unpaired) electrons. The molecule has 5 heterocycles. The van der Waals surface area contributed by atoms with Crippen LogP contribution in [0.5, 0.6) is 0 Å². The molecule has 8 rings (SSSR count). The number of benzene rings is 3. The summed E-state index contributed by atoms with van der Waals surface area (Å²) in [5.41, 5.74) is 9.07. The zero-order valence-electron chi connectivity index (χ0n) is 32.7. The second kappa shape index (κ2) is 16.1. The fourth-order valence-corrected chi connectivity index (χ4v) is 8.26. The highest BCUT2D eigenvalue weighted by molar-refractivity contribution is 5.98. The van der Waals surface area contributed by atoms with Crippen LogP contribution in [0.2, 0.25) is 0 Å². The Morgan fingerprint density at radius 3 is 2.54 bits per heavy atom. The molecule has 2 N–H and O–H groups in total. The van der Waals surface area contributed by atoms with Gasteiger partial charge < -0.3 is 29.7 Å². The zero-order valence-corrected chi connectivity index (χ0v) is 32.7. The topological polar surface area (TPSA) is 122 Å². The number of carbonyl (C=O) groups is 3. The minimum Gasteiger partial charge on any atom is -0.381 e. The van der Waals surface area contributed by atoms with E-state index in [1.54, 1.807) is 14.0 Å². The number of likely N-dealkylation sites (N-methyl/N-ethyl adjacent to an activating group) is 1. The zero-order chi connectivity index (χ0) is 39.6. The molecule has 3 amide bonds. The van der Waals surface area contributed by atoms with Gasteiger partial charge in [0, 0.05) is 111 Å². The Hall–Kier alpha value is -6.25. The highest BCUT2D eigenvalue weighted by Crippen LogP contribution is 2.38. The minimum atomic E-state index is -0.338. The maximum absolute atomic E-state index is 13.0. The molecule has 0 bridgehead atoms. The van der Waals surface area contributed by atoms with Crippen LogP contribution in [-0.4, -0.2) is 81.4 Å². The molecule has 1 atom stereocenters. The fourth-order valence-electron chi connectivity index (χ4n) is 8.26. The Labute approximate surface area is 333 Å². The number of ether oxygens (including phenoxy) is 1. The van der Waals surface area contributed by atoms with Crippen LogP contribution < -0.4 is 10.6 Å². The van der Waals surface area contributed by atoms with Crippen LogP contribution in [0.15, 0.2) is 79.5 Å². The van der Waals surface area contributed by atoms with Gasteiger partial charge in [-0.15, -0.1) is 0 Å². The van der Waals surface area contributed by atoms with Crippen molar-refractivity contribution in [1.82, 2.24) is 35.0 Å². The van der Waals surface area contributed by atoms with Gasteiger partial charge in [0.25, 0.3) is 5.91 Å².